The molecule has 0 atom stereocenters. The molecule has 26 heavy (non-hydrogen) atoms. The molecule has 0 saturated carbocycles. The molecule has 2 amide bonds. The Labute approximate surface area is 151 Å². The predicted molar refractivity (Wildman–Crippen MR) is 98.5 cm³/mol. The van der Waals surface area contributed by atoms with Crippen molar-refractivity contribution in [2.45, 2.75) is 13.5 Å². The van der Waals surface area contributed by atoms with Crippen LogP contribution in [0.3, 0.4) is 0 Å². The summed E-state index contributed by atoms with van der Waals surface area (Å²) >= 11 is 0. The molecule has 0 fully saturated rings. The van der Waals surface area contributed by atoms with Crippen LogP contribution in [0, 0.1) is 0 Å². The minimum absolute atomic E-state index is 0.147. The smallest absolute Gasteiger partial charge is 0.251 e. The maximum atomic E-state index is 12.2. The van der Waals surface area contributed by atoms with Crippen molar-refractivity contribution < 1.29 is 9.59 Å². The Morgan fingerprint density at radius 2 is 1.85 bits per heavy atom. The molecule has 3 rings (SSSR count). The first kappa shape index (κ1) is 17.3. The molecular weight excluding hydrogens is 330 g/mol. The Morgan fingerprint density at radius 1 is 1.04 bits per heavy atom. The zero-order valence-corrected chi connectivity index (χ0v) is 14.3. The average molecular weight is 349 g/mol. The van der Waals surface area contributed by atoms with Crippen molar-refractivity contribution in [2.24, 2.45) is 0 Å². The highest BCUT2D eigenvalue weighted by Gasteiger charge is 2.08. The number of amides is 2. The molecule has 0 bridgehead atoms. The summed E-state index contributed by atoms with van der Waals surface area (Å²) in [7, 11) is 0. The quantitative estimate of drug-likeness (QED) is 0.715. The number of carbonyl (C=O) groups is 2. The van der Waals surface area contributed by atoms with Crippen LogP contribution in [0.4, 0.5) is 5.69 Å². The van der Waals surface area contributed by atoms with Gasteiger partial charge >= 0.3 is 0 Å². The Kier molecular flexibility index (Phi) is 5.38. The second kappa shape index (κ2) is 8.06. The van der Waals surface area contributed by atoms with Crippen LogP contribution in [0.15, 0.2) is 61.1 Å². The second-order valence-electron chi connectivity index (χ2n) is 5.67. The van der Waals surface area contributed by atoms with E-state index in [1.807, 2.05) is 29.0 Å². The van der Waals surface area contributed by atoms with Crippen LogP contribution in [0.2, 0.25) is 0 Å². The zero-order chi connectivity index (χ0) is 18.4. The molecule has 1 aromatic carbocycles. The molecule has 0 aliphatic rings. The molecule has 2 N–H and O–H groups in total. The molecule has 0 aliphatic carbocycles. The molecule has 0 unspecified atom stereocenters. The summed E-state index contributed by atoms with van der Waals surface area (Å²) in [6, 6.07) is 12.4. The van der Waals surface area contributed by atoms with Crippen LogP contribution >= 0.6 is 0 Å². The molecule has 0 aliphatic heterocycles. The molecule has 2 aromatic heterocycles. The SMILES string of the molecule is CC(=O)Nc1ccc(C(=O)NCCn2ccnc2-c2ccccn2)cc1. The highest BCUT2D eigenvalue weighted by molar-refractivity contribution is 5.95. The van der Waals surface area contributed by atoms with Crippen LogP contribution in [0.1, 0.15) is 17.3 Å². The van der Waals surface area contributed by atoms with E-state index >= 15 is 0 Å². The van der Waals surface area contributed by atoms with Gasteiger partial charge in [-0.15, -0.1) is 0 Å². The maximum Gasteiger partial charge on any atom is 0.251 e. The largest absolute Gasteiger partial charge is 0.350 e. The molecular formula is C19H19N5O2. The summed E-state index contributed by atoms with van der Waals surface area (Å²) in [5, 5.41) is 5.55. The summed E-state index contributed by atoms with van der Waals surface area (Å²) in [5.41, 5.74) is 1.99. The first-order valence-corrected chi connectivity index (χ1v) is 8.22. The third-order valence-electron chi connectivity index (χ3n) is 3.72. The van der Waals surface area contributed by atoms with Gasteiger partial charge in [0.1, 0.15) is 5.69 Å². The monoisotopic (exact) mass is 349 g/mol. The zero-order valence-electron chi connectivity index (χ0n) is 14.3. The summed E-state index contributed by atoms with van der Waals surface area (Å²) in [5.74, 6) is 0.449. The maximum absolute atomic E-state index is 12.2. The molecule has 2 heterocycles. The fraction of sp³-hybridized carbons (Fsp3) is 0.158. The number of nitrogens with one attached hydrogen (secondary N) is 2. The third-order valence-corrected chi connectivity index (χ3v) is 3.72. The number of rotatable bonds is 6. The lowest BCUT2D eigenvalue weighted by Crippen LogP contribution is -2.27. The van der Waals surface area contributed by atoms with Crippen molar-refractivity contribution in [2.75, 3.05) is 11.9 Å². The van der Waals surface area contributed by atoms with E-state index in [1.165, 1.54) is 6.92 Å². The van der Waals surface area contributed by atoms with E-state index in [1.54, 1.807) is 36.7 Å². The van der Waals surface area contributed by atoms with E-state index in [9.17, 15) is 9.59 Å². The first-order valence-electron chi connectivity index (χ1n) is 8.22. The average Bonchev–Trinajstić information content (AvgIpc) is 3.11. The Morgan fingerprint density at radius 3 is 2.54 bits per heavy atom. The fourth-order valence-electron chi connectivity index (χ4n) is 2.52. The molecule has 132 valence electrons. The van der Waals surface area contributed by atoms with E-state index in [4.69, 9.17) is 0 Å². The van der Waals surface area contributed by atoms with Gasteiger partial charge in [-0.3, -0.25) is 14.6 Å². The normalized spacial score (nSPS) is 10.3. The number of aromatic nitrogens is 3. The van der Waals surface area contributed by atoms with Gasteiger partial charge in [0.2, 0.25) is 5.91 Å². The van der Waals surface area contributed by atoms with Gasteiger partial charge in [-0.1, -0.05) is 6.07 Å². The van der Waals surface area contributed by atoms with Gasteiger partial charge in [0.05, 0.1) is 0 Å². The van der Waals surface area contributed by atoms with Crippen LogP contribution in [-0.4, -0.2) is 32.9 Å². The van der Waals surface area contributed by atoms with E-state index in [-0.39, 0.29) is 11.8 Å². The standard InChI is InChI=1S/C19H19N5O2/c1-14(25)23-16-7-5-15(6-8-16)19(26)22-11-13-24-12-10-21-18(24)17-4-2-3-9-20-17/h2-10,12H,11,13H2,1H3,(H,22,26)(H,23,25). The summed E-state index contributed by atoms with van der Waals surface area (Å²) in [4.78, 5) is 31.9. The molecule has 3 aromatic rings. The number of imidazole rings is 1. The van der Waals surface area contributed by atoms with Crippen molar-refractivity contribution >= 4 is 17.5 Å². The third kappa shape index (κ3) is 4.32. The van der Waals surface area contributed by atoms with Gasteiger partial charge < -0.3 is 15.2 Å². The van der Waals surface area contributed by atoms with Gasteiger partial charge in [-0.25, -0.2) is 4.98 Å². The first-order chi connectivity index (χ1) is 12.6. The molecule has 0 spiro atoms. The fourth-order valence-corrected chi connectivity index (χ4v) is 2.52. The van der Waals surface area contributed by atoms with Crippen molar-refractivity contribution in [3.8, 4) is 11.5 Å². The molecule has 7 heteroatoms. The highest BCUT2D eigenvalue weighted by atomic mass is 16.2. The van der Waals surface area contributed by atoms with Crippen LogP contribution in [0.25, 0.3) is 11.5 Å². The number of pyridine rings is 1. The Bertz CT molecular complexity index is 888. The van der Waals surface area contributed by atoms with Crippen LogP contribution < -0.4 is 10.6 Å². The molecule has 7 nitrogen and oxygen atoms in total. The highest BCUT2D eigenvalue weighted by Crippen LogP contribution is 2.13. The number of benzene rings is 1. The molecule has 0 radical (unpaired) electrons. The summed E-state index contributed by atoms with van der Waals surface area (Å²) in [6.45, 7) is 2.49. The second-order valence-corrected chi connectivity index (χ2v) is 5.67. The lowest BCUT2D eigenvalue weighted by molar-refractivity contribution is -0.114. The number of hydrogen-bond donors (Lipinski definition) is 2. The van der Waals surface area contributed by atoms with Crippen molar-refractivity contribution in [1.29, 1.82) is 0 Å². The van der Waals surface area contributed by atoms with Crippen molar-refractivity contribution in [3.05, 3.63) is 66.6 Å². The minimum atomic E-state index is -0.168. The van der Waals surface area contributed by atoms with Crippen molar-refractivity contribution in [3.63, 3.8) is 0 Å². The lowest BCUT2D eigenvalue weighted by atomic mass is 10.2. The molecule has 0 saturated heterocycles. The van der Waals surface area contributed by atoms with E-state index < -0.39 is 0 Å². The Hall–Kier alpha value is -3.48. The van der Waals surface area contributed by atoms with Crippen LogP contribution in [0.5, 0.6) is 0 Å². The summed E-state index contributed by atoms with van der Waals surface area (Å²) < 4.78 is 1.95. The number of anilines is 1. The number of hydrogen-bond acceptors (Lipinski definition) is 4. The minimum Gasteiger partial charge on any atom is -0.350 e. The van der Waals surface area contributed by atoms with Gasteiger partial charge in [0.15, 0.2) is 5.82 Å². The Balaban J connectivity index is 1.56. The van der Waals surface area contributed by atoms with Crippen LogP contribution in [-0.2, 0) is 11.3 Å². The van der Waals surface area contributed by atoms with E-state index in [0.717, 1.165) is 11.5 Å². The van der Waals surface area contributed by atoms with Crippen molar-refractivity contribution in [1.82, 2.24) is 19.9 Å². The van der Waals surface area contributed by atoms with Gasteiger partial charge in [0, 0.05) is 49.9 Å². The number of carbonyl (C=O) groups excluding carboxylic acids is 2. The topological polar surface area (TPSA) is 88.9 Å². The predicted octanol–water partition coefficient (Wildman–Crippen LogP) is 2.33. The van der Waals surface area contributed by atoms with Gasteiger partial charge in [-0.05, 0) is 36.4 Å². The van der Waals surface area contributed by atoms with Gasteiger partial charge in [0.25, 0.3) is 5.91 Å². The lowest BCUT2D eigenvalue weighted by Gasteiger charge is -2.09. The van der Waals surface area contributed by atoms with Gasteiger partial charge in [-0.2, -0.15) is 0 Å². The summed E-state index contributed by atoms with van der Waals surface area (Å²) in [6.07, 6.45) is 5.30. The number of nitrogens with zero attached hydrogens (tertiary/aromatic N) is 3. The van der Waals surface area contributed by atoms with E-state index in [2.05, 4.69) is 20.6 Å². The van der Waals surface area contributed by atoms with E-state index in [0.29, 0.717) is 24.3 Å².